The Labute approximate surface area is 73.2 Å². The smallest absolute Gasteiger partial charge is 0.135 e. The molecule has 0 bridgehead atoms. The van der Waals surface area contributed by atoms with Crippen molar-refractivity contribution in [2.75, 3.05) is 5.73 Å². The van der Waals surface area contributed by atoms with E-state index in [1.54, 1.807) is 11.3 Å². The van der Waals surface area contributed by atoms with E-state index >= 15 is 0 Å². The Bertz CT molecular complexity index is 357. The van der Waals surface area contributed by atoms with Crippen molar-refractivity contribution in [1.82, 2.24) is 9.97 Å². The lowest BCUT2D eigenvalue weighted by atomic mass is 10.4. The highest BCUT2D eigenvalue weighted by Crippen LogP contribution is 2.20. The van der Waals surface area contributed by atoms with Gasteiger partial charge in [-0.05, 0) is 11.4 Å². The summed E-state index contributed by atoms with van der Waals surface area (Å²) in [5, 5.41) is 2.91. The number of nitrogens with zero attached hydrogens (tertiary/aromatic N) is 2. The second-order valence-corrected chi connectivity index (χ2v) is 2.79. The Morgan fingerprint density at radius 1 is 1.25 bits per heavy atom. The minimum Gasteiger partial charge on any atom is -0.383 e. The molecule has 0 spiro atoms. The monoisotopic (exact) mass is 183 g/mol. The Balaban J connectivity index is 0.000000336. The van der Waals surface area contributed by atoms with Crippen molar-refractivity contribution < 1.29 is 0 Å². The predicted molar refractivity (Wildman–Crippen MR) is 50.2 cm³/mol. The number of anilines is 1. The molecular weight excluding hydrogens is 174 g/mol. The molecule has 0 radical (unpaired) electrons. The van der Waals surface area contributed by atoms with E-state index in [0.29, 0.717) is 5.82 Å². The van der Waals surface area contributed by atoms with Crippen molar-refractivity contribution >= 4 is 27.4 Å². The highest BCUT2D eigenvalue weighted by molar-refractivity contribution is 7.16. The minimum absolute atomic E-state index is 0.561. The highest BCUT2D eigenvalue weighted by Gasteiger charge is 1.98. The molecule has 0 atom stereocenters. The molecule has 2 heterocycles. The fraction of sp³-hybridized carbons (Fsp3) is 0. The first-order valence-corrected chi connectivity index (χ1v) is 4.03. The van der Waals surface area contributed by atoms with Crippen LogP contribution < -0.4 is 17.4 Å². The summed E-state index contributed by atoms with van der Waals surface area (Å²) in [6, 6.07) is 1.93. The van der Waals surface area contributed by atoms with Crippen LogP contribution in [0.25, 0.3) is 10.2 Å². The maximum absolute atomic E-state index is 5.56. The van der Waals surface area contributed by atoms with Gasteiger partial charge in [-0.2, -0.15) is 0 Å². The fourth-order valence-corrected chi connectivity index (χ4v) is 1.55. The highest BCUT2D eigenvalue weighted by atomic mass is 32.1. The van der Waals surface area contributed by atoms with Crippen LogP contribution >= 0.6 is 11.3 Å². The van der Waals surface area contributed by atoms with Crippen molar-refractivity contribution in [3.05, 3.63) is 17.8 Å². The van der Waals surface area contributed by atoms with Gasteiger partial charge in [-0.3, -0.25) is 11.7 Å². The molecule has 0 unspecified atom stereocenters. The molecule has 0 saturated heterocycles. The molecule has 12 heavy (non-hydrogen) atoms. The third-order valence-corrected chi connectivity index (χ3v) is 2.11. The van der Waals surface area contributed by atoms with Gasteiger partial charge in [0.2, 0.25) is 0 Å². The number of hydrogen-bond acceptors (Lipinski definition) is 6. The van der Waals surface area contributed by atoms with Gasteiger partial charge in [0.25, 0.3) is 0 Å². The lowest BCUT2D eigenvalue weighted by molar-refractivity contribution is 1.24. The first kappa shape index (κ1) is 8.85. The third kappa shape index (κ3) is 1.50. The van der Waals surface area contributed by atoms with Gasteiger partial charge in [0.1, 0.15) is 17.0 Å². The van der Waals surface area contributed by atoms with Gasteiger partial charge >= 0.3 is 0 Å². The molecule has 6 N–H and O–H groups in total. The Kier molecular flexibility index (Phi) is 2.92. The SMILES string of the molecule is NN.Nc1ncnc2sccc12. The molecule has 0 aliphatic carbocycles. The molecule has 0 amide bonds. The summed E-state index contributed by atoms with van der Waals surface area (Å²) in [5.74, 6) is 8.56. The van der Waals surface area contributed by atoms with E-state index in [9.17, 15) is 0 Å². The zero-order chi connectivity index (χ0) is 8.97. The standard InChI is InChI=1S/C6H5N3S.H4N2/c7-5-4-1-2-10-6(4)9-3-8-5;1-2/h1-3H,(H2,7,8,9);1-2H2. The minimum atomic E-state index is 0.561. The second kappa shape index (κ2) is 3.96. The van der Waals surface area contributed by atoms with Crippen LogP contribution in [0.5, 0.6) is 0 Å². The third-order valence-electron chi connectivity index (χ3n) is 1.29. The Morgan fingerprint density at radius 2 is 2.00 bits per heavy atom. The quantitative estimate of drug-likeness (QED) is 0.396. The second-order valence-electron chi connectivity index (χ2n) is 1.90. The summed E-state index contributed by atoms with van der Waals surface area (Å²) in [4.78, 5) is 8.83. The first-order chi connectivity index (χ1) is 5.88. The van der Waals surface area contributed by atoms with Crippen LogP contribution in [-0.4, -0.2) is 9.97 Å². The first-order valence-electron chi connectivity index (χ1n) is 3.15. The summed E-state index contributed by atoms with van der Waals surface area (Å²) in [6.07, 6.45) is 1.48. The molecule has 0 saturated carbocycles. The topological polar surface area (TPSA) is 104 Å². The normalized spacial score (nSPS) is 9.17. The molecule has 6 heteroatoms. The number of thiophene rings is 1. The van der Waals surface area contributed by atoms with Crippen LogP contribution in [-0.2, 0) is 0 Å². The maximum atomic E-state index is 5.56. The average Bonchev–Trinajstić information content (AvgIpc) is 2.57. The summed E-state index contributed by atoms with van der Waals surface area (Å²) in [5.41, 5.74) is 5.56. The zero-order valence-corrected chi connectivity index (χ0v) is 7.08. The Morgan fingerprint density at radius 3 is 2.67 bits per heavy atom. The molecule has 0 fully saturated rings. The summed E-state index contributed by atoms with van der Waals surface area (Å²) in [6.45, 7) is 0. The van der Waals surface area contributed by atoms with Crippen LogP contribution in [0.2, 0.25) is 0 Å². The molecule has 2 aromatic rings. The molecular formula is C6H9N5S. The van der Waals surface area contributed by atoms with Crippen LogP contribution in [0.15, 0.2) is 17.8 Å². The van der Waals surface area contributed by atoms with Crippen LogP contribution in [0.3, 0.4) is 0 Å². The lowest BCUT2D eigenvalue weighted by Gasteiger charge is -1.90. The van der Waals surface area contributed by atoms with Crippen molar-refractivity contribution in [1.29, 1.82) is 0 Å². The van der Waals surface area contributed by atoms with E-state index in [2.05, 4.69) is 21.7 Å². The lowest BCUT2D eigenvalue weighted by Crippen LogP contribution is -2.02. The van der Waals surface area contributed by atoms with Crippen molar-refractivity contribution in [3.63, 3.8) is 0 Å². The number of nitrogen functional groups attached to an aromatic ring is 1. The number of fused-ring (bicyclic) bond motifs is 1. The van der Waals surface area contributed by atoms with Crippen molar-refractivity contribution in [3.8, 4) is 0 Å². The summed E-state index contributed by atoms with van der Waals surface area (Å²) in [7, 11) is 0. The molecule has 0 aliphatic rings. The number of aromatic nitrogens is 2. The molecule has 2 aromatic heterocycles. The van der Waals surface area contributed by atoms with E-state index in [-0.39, 0.29) is 0 Å². The van der Waals surface area contributed by atoms with Gasteiger partial charge in [0, 0.05) is 0 Å². The van der Waals surface area contributed by atoms with Crippen LogP contribution in [0.1, 0.15) is 0 Å². The molecule has 64 valence electrons. The largest absolute Gasteiger partial charge is 0.383 e. The fourth-order valence-electron chi connectivity index (χ4n) is 0.809. The molecule has 5 nitrogen and oxygen atoms in total. The van der Waals surface area contributed by atoms with E-state index in [4.69, 9.17) is 5.73 Å². The predicted octanol–water partition coefficient (Wildman–Crippen LogP) is 0.0923. The van der Waals surface area contributed by atoms with E-state index < -0.39 is 0 Å². The van der Waals surface area contributed by atoms with Gasteiger partial charge in [0.05, 0.1) is 5.39 Å². The van der Waals surface area contributed by atoms with Crippen molar-refractivity contribution in [2.45, 2.75) is 0 Å². The van der Waals surface area contributed by atoms with E-state index in [1.807, 2.05) is 11.4 Å². The van der Waals surface area contributed by atoms with Gasteiger partial charge in [0.15, 0.2) is 0 Å². The van der Waals surface area contributed by atoms with Crippen LogP contribution in [0, 0.1) is 0 Å². The molecule has 0 aromatic carbocycles. The molecule has 0 aliphatic heterocycles. The van der Waals surface area contributed by atoms with E-state index in [1.165, 1.54) is 6.33 Å². The average molecular weight is 183 g/mol. The molecule has 2 rings (SSSR count). The van der Waals surface area contributed by atoms with Crippen LogP contribution in [0.4, 0.5) is 5.82 Å². The Hall–Kier alpha value is -1.24. The van der Waals surface area contributed by atoms with Gasteiger partial charge < -0.3 is 5.73 Å². The number of hydrazine groups is 1. The maximum Gasteiger partial charge on any atom is 0.135 e. The number of nitrogens with two attached hydrogens (primary N) is 3. The number of rotatable bonds is 0. The summed E-state index contributed by atoms with van der Waals surface area (Å²) < 4.78 is 0. The zero-order valence-electron chi connectivity index (χ0n) is 6.27. The van der Waals surface area contributed by atoms with Crippen molar-refractivity contribution in [2.24, 2.45) is 11.7 Å². The summed E-state index contributed by atoms with van der Waals surface area (Å²) >= 11 is 1.57. The number of hydrogen-bond donors (Lipinski definition) is 3. The van der Waals surface area contributed by atoms with Gasteiger partial charge in [-0.25, -0.2) is 9.97 Å². The van der Waals surface area contributed by atoms with E-state index in [0.717, 1.165) is 10.2 Å². The van der Waals surface area contributed by atoms with Gasteiger partial charge in [-0.15, -0.1) is 11.3 Å². The van der Waals surface area contributed by atoms with Gasteiger partial charge in [-0.1, -0.05) is 0 Å².